The largest absolute Gasteiger partial charge is 0.451 e. The van der Waals surface area contributed by atoms with Gasteiger partial charge in [0, 0.05) is 15.8 Å². The first-order valence-electron chi connectivity index (χ1n) is 7.66. The van der Waals surface area contributed by atoms with Crippen LogP contribution >= 0.6 is 11.3 Å². The monoisotopic (exact) mass is 357 g/mol. The minimum absolute atomic E-state index is 0.263. The van der Waals surface area contributed by atoms with Crippen LogP contribution in [0.5, 0.6) is 0 Å². The SMILES string of the molecule is Cc1cc(C)cc(NC(=O)COC(=O)c2cc3c(F)cccc3s2)c1. The molecule has 0 saturated carbocycles. The Morgan fingerprint density at radius 2 is 1.84 bits per heavy atom. The Kier molecular flexibility index (Phi) is 4.81. The van der Waals surface area contributed by atoms with Crippen molar-refractivity contribution in [1.82, 2.24) is 0 Å². The van der Waals surface area contributed by atoms with Crippen LogP contribution < -0.4 is 5.32 Å². The van der Waals surface area contributed by atoms with Gasteiger partial charge in [-0.2, -0.15) is 0 Å². The Labute approximate surface area is 148 Å². The van der Waals surface area contributed by atoms with Crippen LogP contribution in [-0.4, -0.2) is 18.5 Å². The van der Waals surface area contributed by atoms with Crippen LogP contribution in [0.15, 0.2) is 42.5 Å². The second-order valence-corrected chi connectivity index (χ2v) is 6.85. The van der Waals surface area contributed by atoms with E-state index in [0.29, 0.717) is 15.8 Å². The number of aryl methyl sites for hydroxylation is 2. The summed E-state index contributed by atoms with van der Waals surface area (Å²) in [6.45, 7) is 3.47. The number of amides is 1. The summed E-state index contributed by atoms with van der Waals surface area (Å²) in [7, 11) is 0. The Balaban J connectivity index is 1.62. The van der Waals surface area contributed by atoms with E-state index in [9.17, 15) is 14.0 Å². The molecule has 3 aromatic rings. The van der Waals surface area contributed by atoms with Gasteiger partial charge < -0.3 is 10.1 Å². The predicted octanol–water partition coefficient (Wildman–Crippen LogP) is 4.45. The summed E-state index contributed by atoms with van der Waals surface area (Å²) in [6.07, 6.45) is 0. The molecule has 0 aliphatic carbocycles. The van der Waals surface area contributed by atoms with Crippen molar-refractivity contribution in [3.63, 3.8) is 0 Å². The number of halogens is 1. The molecule has 1 heterocycles. The minimum Gasteiger partial charge on any atom is -0.451 e. The average Bonchev–Trinajstić information content (AvgIpc) is 2.97. The quantitative estimate of drug-likeness (QED) is 0.702. The molecule has 0 radical (unpaired) electrons. The molecule has 6 heteroatoms. The second-order valence-electron chi connectivity index (χ2n) is 5.76. The van der Waals surface area contributed by atoms with Crippen molar-refractivity contribution in [2.45, 2.75) is 13.8 Å². The van der Waals surface area contributed by atoms with Gasteiger partial charge in [-0.15, -0.1) is 11.3 Å². The summed E-state index contributed by atoms with van der Waals surface area (Å²) in [5, 5.41) is 3.07. The summed E-state index contributed by atoms with van der Waals surface area (Å²) in [6, 6.07) is 11.8. The molecule has 0 fully saturated rings. The zero-order chi connectivity index (χ0) is 18.0. The Morgan fingerprint density at radius 1 is 1.12 bits per heavy atom. The summed E-state index contributed by atoms with van der Waals surface area (Å²) >= 11 is 1.13. The van der Waals surface area contributed by atoms with E-state index in [1.807, 2.05) is 32.0 Å². The number of thiophene rings is 1. The van der Waals surface area contributed by atoms with Crippen LogP contribution in [0, 0.1) is 19.7 Å². The van der Waals surface area contributed by atoms with Gasteiger partial charge in [0.2, 0.25) is 0 Å². The van der Waals surface area contributed by atoms with E-state index in [4.69, 9.17) is 4.74 Å². The highest BCUT2D eigenvalue weighted by atomic mass is 32.1. The van der Waals surface area contributed by atoms with Gasteiger partial charge in [0.05, 0.1) is 0 Å². The van der Waals surface area contributed by atoms with E-state index >= 15 is 0 Å². The number of hydrogen-bond donors (Lipinski definition) is 1. The van der Waals surface area contributed by atoms with Gasteiger partial charge in [-0.25, -0.2) is 9.18 Å². The van der Waals surface area contributed by atoms with E-state index in [2.05, 4.69) is 5.32 Å². The number of anilines is 1. The highest BCUT2D eigenvalue weighted by Crippen LogP contribution is 2.28. The van der Waals surface area contributed by atoms with E-state index in [0.717, 1.165) is 22.5 Å². The fraction of sp³-hybridized carbons (Fsp3) is 0.158. The summed E-state index contributed by atoms with van der Waals surface area (Å²) < 4.78 is 19.4. The number of hydrogen-bond acceptors (Lipinski definition) is 4. The van der Waals surface area contributed by atoms with Gasteiger partial charge in [0.15, 0.2) is 6.61 Å². The van der Waals surface area contributed by atoms with Crippen LogP contribution in [0.25, 0.3) is 10.1 Å². The van der Waals surface area contributed by atoms with Gasteiger partial charge in [-0.05, 0) is 55.3 Å². The van der Waals surface area contributed by atoms with Gasteiger partial charge >= 0.3 is 5.97 Å². The lowest BCUT2D eigenvalue weighted by molar-refractivity contribution is -0.119. The molecular weight excluding hydrogens is 341 g/mol. The lowest BCUT2D eigenvalue weighted by atomic mass is 10.1. The molecule has 0 unspecified atom stereocenters. The smallest absolute Gasteiger partial charge is 0.348 e. The van der Waals surface area contributed by atoms with Gasteiger partial charge in [-0.3, -0.25) is 4.79 Å². The molecule has 2 aromatic carbocycles. The number of fused-ring (bicyclic) bond motifs is 1. The van der Waals surface area contributed by atoms with Gasteiger partial charge in [0.1, 0.15) is 10.7 Å². The standard InChI is InChI=1S/C19H16FNO3S/c1-11-6-12(2)8-13(7-11)21-18(22)10-24-19(23)17-9-14-15(20)4-3-5-16(14)25-17/h3-9H,10H2,1-2H3,(H,21,22). The number of benzene rings is 2. The van der Waals surface area contributed by atoms with Crippen molar-refractivity contribution in [2.24, 2.45) is 0 Å². The number of ether oxygens (including phenoxy) is 1. The summed E-state index contributed by atoms with van der Waals surface area (Å²) in [5.74, 6) is -1.46. The van der Waals surface area contributed by atoms with Crippen LogP contribution in [0.3, 0.4) is 0 Å². The summed E-state index contributed by atoms with van der Waals surface area (Å²) in [4.78, 5) is 24.3. The first kappa shape index (κ1) is 17.1. The van der Waals surface area contributed by atoms with Crippen molar-refractivity contribution in [2.75, 3.05) is 11.9 Å². The highest BCUT2D eigenvalue weighted by molar-refractivity contribution is 7.20. The lowest BCUT2D eigenvalue weighted by Crippen LogP contribution is -2.20. The summed E-state index contributed by atoms with van der Waals surface area (Å²) in [5.41, 5.74) is 2.71. The molecule has 0 aliphatic heterocycles. The third-order valence-electron chi connectivity index (χ3n) is 3.55. The molecular formula is C19H16FNO3S. The fourth-order valence-corrected chi connectivity index (χ4v) is 3.54. The molecule has 3 rings (SSSR count). The maximum absolute atomic E-state index is 13.7. The highest BCUT2D eigenvalue weighted by Gasteiger charge is 2.15. The number of carbonyl (C=O) groups excluding carboxylic acids is 2. The molecule has 0 bridgehead atoms. The van der Waals surface area contributed by atoms with Crippen molar-refractivity contribution < 1.29 is 18.7 Å². The zero-order valence-corrected chi connectivity index (χ0v) is 14.6. The van der Waals surface area contributed by atoms with Crippen molar-refractivity contribution >= 4 is 39.0 Å². The minimum atomic E-state index is -0.642. The van der Waals surface area contributed by atoms with E-state index in [1.165, 1.54) is 12.1 Å². The Bertz CT molecular complexity index is 944. The van der Waals surface area contributed by atoms with E-state index < -0.39 is 18.5 Å². The van der Waals surface area contributed by atoms with Gasteiger partial charge in [-0.1, -0.05) is 12.1 Å². The molecule has 0 spiro atoms. The molecule has 0 atom stereocenters. The molecule has 1 amide bonds. The topological polar surface area (TPSA) is 55.4 Å². The van der Waals surface area contributed by atoms with Crippen molar-refractivity contribution in [3.8, 4) is 0 Å². The van der Waals surface area contributed by atoms with E-state index in [-0.39, 0.29) is 10.7 Å². The third-order valence-corrected chi connectivity index (χ3v) is 4.63. The normalized spacial score (nSPS) is 10.7. The van der Waals surface area contributed by atoms with Crippen LogP contribution in [0.2, 0.25) is 0 Å². The maximum atomic E-state index is 13.7. The number of carbonyl (C=O) groups is 2. The zero-order valence-electron chi connectivity index (χ0n) is 13.8. The number of nitrogens with one attached hydrogen (secondary N) is 1. The first-order chi connectivity index (χ1) is 11.9. The molecule has 128 valence electrons. The molecule has 0 aliphatic rings. The average molecular weight is 357 g/mol. The molecule has 25 heavy (non-hydrogen) atoms. The number of esters is 1. The predicted molar refractivity (Wildman–Crippen MR) is 96.6 cm³/mol. The third kappa shape index (κ3) is 4.03. The fourth-order valence-electron chi connectivity index (χ4n) is 2.57. The van der Waals surface area contributed by atoms with Crippen LogP contribution in [-0.2, 0) is 9.53 Å². The van der Waals surface area contributed by atoms with Crippen LogP contribution in [0.4, 0.5) is 10.1 Å². The lowest BCUT2D eigenvalue weighted by Gasteiger charge is -2.08. The maximum Gasteiger partial charge on any atom is 0.348 e. The van der Waals surface area contributed by atoms with E-state index in [1.54, 1.807) is 12.1 Å². The molecule has 1 N–H and O–H groups in total. The van der Waals surface area contributed by atoms with Crippen molar-refractivity contribution in [1.29, 1.82) is 0 Å². The van der Waals surface area contributed by atoms with Crippen molar-refractivity contribution in [3.05, 3.63) is 64.3 Å². The number of rotatable bonds is 4. The first-order valence-corrected chi connectivity index (χ1v) is 8.47. The Morgan fingerprint density at radius 3 is 2.52 bits per heavy atom. The molecule has 1 aromatic heterocycles. The molecule has 0 saturated heterocycles. The van der Waals surface area contributed by atoms with Gasteiger partial charge in [0.25, 0.3) is 5.91 Å². The second kappa shape index (κ2) is 7.03. The van der Waals surface area contributed by atoms with Crippen LogP contribution in [0.1, 0.15) is 20.8 Å². The molecule has 4 nitrogen and oxygen atoms in total. The Hall–Kier alpha value is -2.73.